The number of benzene rings is 1. The van der Waals surface area contributed by atoms with E-state index in [0.29, 0.717) is 11.3 Å². The Balaban J connectivity index is 1.38. The third kappa shape index (κ3) is 3.17. The van der Waals surface area contributed by atoms with Crippen molar-refractivity contribution in [3.63, 3.8) is 0 Å². The van der Waals surface area contributed by atoms with Gasteiger partial charge in [-0.25, -0.2) is 8.42 Å². The van der Waals surface area contributed by atoms with Gasteiger partial charge in [0.25, 0.3) is 5.91 Å². The van der Waals surface area contributed by atoms with Crippen molar-refractivity contribution in [2.75, 3.05) is 13.1 Å². The molecule has 1 fully saturated rings. The molecule has 1 aromatic carbocycles. The number of carbonyl (C=O) groups excluding carboxylic acids is 1. The highest BCUT2D eigenvalue weighted by atomic mass is 32.2. The van der Waals surface area contributed by atoms with Crippen LogP contribution in [0.3, 0.4) is 0 Å². The van der Waals surface area contributed by atoms with E-state index in [1.807, 2.05) is 41.2 Å². The molecule has 0 N–H and O–H groups in total. The maximum absolute atomic E-state index is 12.5. The SMILES string of the molecule is O=C(c1ccc(-n2cccc2)cc1)N1CC(S(=O)(=O)Cc2ccco2)C1. The average Bonchev–Trinajstić information content (AvgIpc) is 3.26. The molecule has 134 valence electrons. The van der Waals surface area contributed by atoms with Crippen molar-refractivity contribution in [1.29, 1.82) is 0 Å². The van der Waals surface area contributed by atoms with Gasteiger partial charge in [-0.2, -0.15) is 0 Å². The number of nitrogens with zero attached hydrogens (tertiary/aromatic N) is 2. The van der Waals surface area contributed by atoms with Gasteiger partial charge in [0.05, 0.1) is 11.5 Å². The Morgan fingerprint density at radius 1 is 1.04 bits per heavy atom. The minimum absolute atomic E-state index is 0.127. The van der Waals surface area contributed by atoms with Crippen LogP contribution in [0.15, 0.2) is 71.6 Å². The molecule has 7 heteroatoms. The van der Waals surface area contributed by atoms with E-state index in [0.717, 1.165) is 5.69 Å². The van der Waals surface area contributed by atoms with Crippen molar-refractivity contribution >= 4 is 15.7 Å². The lowest BCUT2D eigenvalue weighted by Crippen LogP contribution is -2.57. The normalized spacial score (nSPS) is 15.0. The zero-order chi connectivity index (χ0) is 18.1. The summed E-state index contributed by atoms with van der Waals surface area (Å²) in [6, 6.07) is 14.5. The van der Waals surface area contributed by atoms with E-state index < -0.39 is 15.1 Å². The van der Waals surface area contributed by atoms with Gasteiger partial charge in [-0.05, 0) is 48.5 Å². The molecule has 3 heterocycles. The quantitative estimate of drug-likeness (QED) is 0.692. The predicted octanol–water partition coefficient (Wildman–Crippen LogP) is 2.51. The zero-order valence-corrected chi connectivity index (χ0v) is 14.8. The first-order valence-corrected chi connectivity index (χ1v) is 10.0. The molecule has 1 saturated heterocycles. The number of likely N-dealkylation sites (tertiary alicyclic amines) is 1. The third-order valence-corrected chi connectivity index (χ3v) is 6.58. The van der Waals surface area contributed by atoms with Crippen molar-refractivity contribution in [2.45, 2.75) is 11.0 Å². The second-order valence-corrected chi connectivity index (χ2v) is 8.64. The molecule has 3 aromatic rings. The van der Waals surface area contributed by atoms with Crippen molar-refractivity contribution in [3.05, 3.63) is 78.5 Å². The Bertz CT molecular complexity index is 985. The second kappa shape index (κ2) is 6.49. The molecule has 6 nitrogen and oxygen atoms in total. The van der Waals surface area contributed by atoms with Crippen LogP contribution < -0.4 is 0 Å². The molecule has 4 rings (SSSR count). The lowest BCUT2D eigenvalue weighted by Gasteiger charge is -2.38. The summed E-state index contributed by atoms with van der Waals surface area (Å²) in [5.41, 5.74) is 1.52. The molecule has 0 radical (unpaired) electrons. The van der Waals surface area contributed by atoms with Crippen LogP contribution in [0.5, 0.6) is 0 Å². The summed E-state index contributed by atoms with van der Waals surface area (Å²) in [4.78, 5) is 14.1. The Morgan fingerprint density at radius 3 is 2.35 bits per heavy atom. The van der Waals surface area contributed by atoms with Crippen molar-refractivity contribution in [1.82, 2.24) is 9.47 Å². The summed E-state index contributed by atoms with van der Waals surface area (Å²) in [5, 5.41) is -0.532. The summed E-state index contributed by atoms with van der Waals surface area (Å²) < 4.78 is 31.8. The van der Waals surface area contributed by atoms with E-state index in [4.69, 9.17) is 4.42 Å². The number of amides is 1. The van der Waals surface area contributed by atoms with Gasteiger partial charge >= 0.3 is 0 Å². The van der Waals surface area contributed by atoms with E-state index >= 15 is 0 Å². The van der Waals surface area contributed by atoms with Crippen LogP contribution in [-0.4, -0.2) is 42.1 Å². The molecule has 0 spiro atoms. The topological polar surface area (TPSA) is 72.5 Å². The number of aromatic nitrogens is 1. The van der Waals surface area contributed by atoms with Gasteiger partial charge in [-0.15, -0.1) is 0 Å². The molecular weight excluding hydrogens is 352 g/mol. The largest absolute Gasteiger partial charge is 0.468 e. The maximum atomic E-state index is 12.5. The van der Waals surface area contributed by atoms with Crippen LogP contribution >= 0.6 is 0 Å². The van der Waals surface area contributed by atoms with E-state index in [1.165, 1.54) is 6.26 Å². The van der Waals surface area contributed by atoms with Crippen LogP contribution in [0, 0.1) is 0 Å². The summed E-state index contributed by atoms with van der Waals surface area (Å²) in [7, 11) is -3.32. The molecule has 0 bridgehead atoms. The Kier molecular flexibility index (Phi) is 4.16. The molecule has 1 amide bonds. The summed E-state index contributed by atoms with van der Waals surface area (Å²) in [6.45, 7) is 0.447. The fraction of sp³-hybridized carbons (Fsp3) is 0.211. The van der Waals surface area contributed by atoms with Crippen molar-refractivity contribution < 1.29 is 17.6 Å². The third-order valence-electron chi connectivity index (χ3n) is 4.58. The molecule has 0 aliphatic carbocycles. The van der Waals surface area contributed by atoms with E-state index in [1.54, 1.807) is 29.2 Å². The summed E-state index contributed by atoms with van der Waals surface area (Å²) >= 11 is 0. The highest BCUT2D eigenvalue weighted by Crippen LogP contribution is 2.23. The lowest BCUT2D eigenvalue weighted by atomic mass is 10.1. The molecule has 0 atom stereocenters. The van der Waals surface area contributed by atoms with Crippen molar-refractivity contribution in [2.24, 2.45) is 0 Å². The number of sulfone groups is 1. The number of carbonyl (C=O) groups is 1. The molecule has 26 heavy (non-hydrogen) atoms. The molecule has 0 saturated carbocycles. The fourth-order valence-electron chi connectivity index (χ4n) is 3.01. The van der Waals surface area contributed by atoms with Crippen LogP contribution in [0.2, 0.25) is 0 Å². The van der Waals surface area contributed by atoms with Gasteiger partial charge in [0.1, 0.15) is 11.5 Å². The predicted molar refractivity (Wildman–Crippen MR) is 96.8 cm³/mol. The minimum atomic E-state index is -3.32. The Morgan fingerprint density at radius 2 is 1.73 bits per heavy atom. The monoisotopic (exact) mass is 370 g/mol. The number of furan rings is 1. The van der Waals surface area contributed by atoms with Crippen LogP contribution in [-0.2, 0) is 15.6 Å². The number of hydrogen-bond donors (Lipinski definition) is 0. The zero-order valence-electron chi connectivity index (χ0n) is 14.0. The second-order valence-electron chi connectivity index (χ2n) is 6.36. The van der Waals surface area contributed by atoms with Crippen LogP contribution in [0.25, 0.3) is 5.69 Å². The van der Waals surface area contributed by atoms with Crippen LogP contribution in [0.1, 0.15) is 16.1 Å². The molecule has 2 aromatic heterocycles. The fourth-order valence-corrected chi connectivity index (χ4v) is 4.62. The van der Waals surface area contributed by atoms with Gasteiger partial charge < -0.3 is 13.9 Å². The van der Waals surface area contributed by atoms with E-state index in [2.05, 4.69) is 0 Å². The Labute approximate surface area is 151 Å². The number of hydrogen-bond acceptors (Lipinski definition) is 4. The Hall–Kier alpha value is -2.80. The first-order chi connectivity index (χ1) is 12.5. The van der Waals surface area contributed by atoms with Gasteiger partial charge in [0, 0.05) is 36.7 Å². The molecule has 1 aliphatic heterocycles. The van der Waals surface area contributed by atoms with E-state index in [-0.39, 0.29) is 24.7 Å². The van der Waals surface area contributed by atoms with Gasteiger partial charge in [-0.1, -0.05) is 0 Å². The lowest BCUT2D eigenvalue weighted by molar-refractivity contribution is 0.0659. The molecule has 1 aliphatic rings. The molecule has 0 unspecified atom stereocenters. The first kappa shape index (κ1) is 16.7. The highest BCUT2D eigenvalue weighted by molar-refractivity contribution is 7.91. The average molecular weight is 370 g/mol. The maximum Gasteiger partial charge on any atom is 0.253 e. The summed E-state index contributed by atoms with van der Waals surface area (Å²) in [5.74, 6) is 0.155. The van der Waals surface area contributed by atoms with Crippen molar-refractivity contribution in [3.8, 4) is 5.69 Å². The van der Waals surface area contributed by atoms with Gasteiger partial charge in [0.15, 0.2) is 9.84 Å². The minimum Gasteiger partial charge on any atom is -0.468 e. The van der Waals surface area contributed by atoms with Gasteiger partial charge in [0.2, 0.25) is 0 Å². The standard InChI is InChI=1S/C19H18N2O4S/c22-19(15-5-7-16(8-6-15)20-9-1-2-10-20)21-12-18(13-21)26(23,24)14-17-4-3-11-25-17/h1-11,18H,12-14H2. The van der Waals surface area contributed by atoms with E-state index in [9.17, 15) is 13.2 Å². The van der Waals surface area contributed by atoms with Gasteiger partial charge in [-0.3, -0.25) is 4.79 Å². The number of rotatable bonds is 5. The first-order valence-electron chi connectivity index (χ1n) is 8.29. The smallest absolute Gasteiger partial charge is 0.253 e. The summed E-state index contributed by atoms with van der Waals surface area (Å²) in [6.07, 6.45) is 5.32. The van der Waals surface area contributed by atoms with Crippen LogP contribution in [0.4, 0.5) is 0 Å². The highest BCUT2D eigenvalue weighted by Gasteiger charge is 2.40. The molecular formula is C19H18N2O4S.